The molecule has 0 aliphatic rings. The fraction of sp³-hybridized carbons (Fsp3) is 0.0909. The first kappa shape index (κ1) is 19.0. The summed E-state index contributed by atoms with van der Waals surface area (Å²) in [5.41, 5.74) is 2.98. The number of hydrogen-bond acceptors (Lipinski definition) is 4. The standard InChI is InChI=1S/C22H20N4O2/c1-15(23)20(21(27)25-18-7-3-2-4-8-18)22(28)26-19-9-5-6-17(14-19)16-10-12-24-13-11-16/h2-14,20,23H,1H3,(H,25,27)(H,26,28). The lowest BCUT2D eigenvalue weighted by Crippen LogP contribution is -2.38. The van der Waals surface area contributed by atoms with Crippen molar-refractivity contribution in [1.29, 1.82) is 5.41 Å². The number of rotatable bonds is 6. The van der Waals surface area contributed by atoms with E-state index in [1.54, 1.807) is 42.7 Å². The quantitative estimate of drug-likeness (QED) is 0.451. The van der Waals surface area contributed by atoms with Crippen molar-refractivity contribution in [2.75, 3.05) is 10.6 Å². The van der Waals surface area contributed by atoms with Gasteiger partial charge in [-0.3, -0.25) is 14.6 Å². The third kappa shape index (κ3) is 4.67. The van der Waals surface area contributed by atoms with Crippen LogP contribution in [0.4, 0.5) is 11.4 Å². The van der Waals surface area contributed by atoms with Crippen LogP contribution < -0.4 is 10.6 Å². The summed E-state index contributed by atoms with van der Waals surface area (Å²) in [4.78, 5) is 29.3. The van der Waals surface area contributed by atoms with E-state index in [-0.39, 0.29) is 5.71 Å². The highest BCUT2D eigenvalue weighted by Crippen LogP contribution is 2.22. The molecule has 0 spiro atoms. The molecular formula is C22H20N4O2. The van der Waals surface area contributed by atoms with Crippen molar-refractivity contribution in [3.8, 4) is 11.1 Å². The number of nitrogens with one attached hydrogen (secondary N) is 3. The minimum absolute atomic E-state index is 0.0313. The molecule has 0 bridgehead atoms. The van der Waals surface area contributed by atoms with Crippen LogP contribution in [0.25, 0.3) is 11.1 Å². The van der Waals surface area contributed by atoms with E-state index in [4.69, 9.17) is 5.41 Å². The SMILES string of the molecule is CC(=N)C(C(=O)Nc1ccccc1)C(=O)Nc1cccc(-c2ccncc2)c1. The number of amides is 2. The molecule has 1 aromatic heterocycles. The maximum atomic E-state index is 12.7. The van der Waals surface area contributed by atoms with Crippen molar-refractivity contribution in [2.45, 2.75) is 6.92 Å². The largest absolute Gasteiger partial charge is 0.325 e. The summed E-state index contributed by atoms with van der Waals surface area (Å²) < 4.78 is 0. The number of para-hydroxylation sites is 1. The fourth-order valence-corrected chi connectivity index (χ4v) is 2.78. The molecule has 0 fully saturated rings. The molecular weight excluding hydrogens is 352 g/mol. The van der Waals surface area contributed by atoms with E-state index in [1.165, 1.54) is 6.92 Å². The zero-order chi connectivity index (χ0) is 19.9. The van der Waals surface area contributed by atoms with Crippen molar-refractivity contribution in [3.63, 3.8) is 0 Å². The van der Waals surface area contributed by atoms with E-state index in [1.807, 2.05) is 36.4 Å². The highest BCUT2D eigenvalue weighted by Gasteiger charge is 2.29. The van der Waals surface area contributed by atoms with E-state index in [0.29, 0.717) is 11.4 Å². The van der Waals surface area contributed by atoms with Gasteiger partial charge < -0.3 is 16.0 Å². The van der Waals surface area contributed by atoms with Gasteiger partial charge in [0.05, 0.1) is 0 Å². The van der Waals surface area contributed by atoms with Crippen molar-refractivity contribution in [2.24, 2.45) is 5.92 Å². The minimum Gasteiger partial charge on any atom is -0.325 e. The maximum absolute atomic E-state index is 12.7. The second kappa shape index (κ2) is 8.73. The molecule has 2 amide bonds. The van der Waals surface area contributed by atoms with Gasteiger partial charge in [-0.05, 0) is 54.4 Å². The van der Waals surface area contributed by atoms with Crippen LogP contribution in [0, 0.1) is 11.3 Å². The van der Waals surface area contributed by atoms with Crippen LogP contribution in [0.3, 0.4) is 0 Å². The molecule has 3 rings (SSSR count). The molecule has 0 saturated heterocycles. The van der Waals surface area contributed by atoms with Gasteiger partial charge in [-0.15, -0.1) is 0 Å². The lowest BCUT2D eigenvalue weighted by atomic mass is 10.0. The molecule has 0 aliphatic carbocycles. The molecule has 140 valence electrons. The van der Waals surface area contributed by atoms with Gasteiger partial charge in [0, 0.05) is 29.5 Å². The van der Waals surface area contributed by atoms with Crippen LogP contribution in [0.2, 0.25) is 0 Å². The summed E-state index contributed by atoms with van der Waals surface area (Å²) in [6.07, 6.45) is 3.39. The zero-order valence-electron chi connectivity index (χ0n) is 15.3. The van der Waals surface area contributed by atoms with Crippen LogP contribution in [0.5, 0.6) is 0 Å². The number of anilines is 2. The molecule has 6 heteroatoms. The number of carbonyl (C=O) groups is 2. The van der Waals surface area contributed by atoms with Crippen LogP contribution in [-0.2, 0) is 9.59 Å². The molecule has 0 radical (unpaired) electrons. The summed E-state index contributed by atoms with van der Waals surface area (Å²) in [5, 5.41) is 13.3. The Morgan fingerprint density at radius 1 is 0.821 bits per heavy atom. The lowest BCUT2D eigenvalue weighted by Gasteiger charge is -2.16. The molecule has 0 saturated carbocycles. The average molecular weight is 372 g/mol. The molecule has 1 atom stereocenters. The monoisotopic (exact) mass is 372 g/mol. The molecule has 3 N–H and O–H groups in total. The van der Waals surface area contributed by atoms with Gasteiger partial charge in [-0.2, -0.15) is 0 Å². The van der Waals surface area contributed by atoms with Crippen molar-refractivity contribution in [1.82, 2.24) is 4.98 Å². The maximum Gasteiger partial charge on any atom is 0.242 e. The second-order valence-electron chi connectivity index (χ2n) is 6.28. The van der Waals surface area contributed by atoms with E-state index in [9.17, 15) is 9.59 Å². The van der Waals surface area contributed by atoms with Gasteiger partial charge in [0.25, 0.3) is 0 Å². The summed E-state index contributed by atoms with van der Waals surface area (Å²) in [6.45, 7) is 1.45. The van der Waals surface area contributed by atoms with Gasteiger partial charge >= 0.3 is 0 Å². The first-order valence-corrected chi connectivity index (χ1v) is 8.77. The van der Waals surface area contributed by atoms with Gasteiger partial charge in [0.1, 0.15) is 0 Å². The first-order chi connectivity index (χ1) is 13.5. The highest BCUT2D eigenvalue weighted by molar-refractivity contribution is 6.24. The molecule has 6 nitrogen and oxygen atoms in total. The van der Waals surface area contributed by atoms with Gasteiger partial charge in [0.15, 0.2) is 5.92 Å². The Morgan fingerprint density at radius 3 is 2.07 bits per heavy atom. The molecule has 3 aromatic rings. The number of carbonyl (C=O) groups excluding carboxylic acids is 2. The van der Waals surface area contributed by atoms with Crippen molar-refractivity contribution in [3.05, 3.63) is 79.1 Å². The topological polar surface area (TPSA) is 94.9 Å². The Kier molecular flexibility index (Phi) is 5.91. The summed E-state index contributed by atoms with van der Waals surface area (Å²) in [7, 11) is 0. The van der Waals surface area contributed by atoms with Gasteiger partial charge in [-0.1, -0.05) is 30.3 Å². The Hall–Kier alpha value is -3.80. The number of aromatic nitrogens is 1. The van der Waals surface area contributed by atoms with Crippen LogP contribution in [0.15, 0.2) is 79.1 Å². The predicted octanol–water partition coefficient (Wildman–Crippen LogP) is 3.98. The summed E-state index contributed by atoms with van der Waals surface area (Å²) in [5.74, 6) is -2.31. The number of hydrogen-bond donors (Lipinski definition) is 3. The summed E-state index contributed by atoms with van der Waals surface area (Å²) in [6, 6.07) is 19.9. The molecule has 2 aromatic carbocycles. The first-order valence-electron chi connectivity index (χ1n) is 8.77. The van der Waals surface area contributed by atoms with Crippen LogP contribution in [0.1, 0.15) is 6.92 Å². The van der Waals surface area contributed by atoms with Gasteiger partial charge in [0.2, 0.25) is 11.8 Å². The van der Waals surface area contributed by atoms with Crippen molar-refractivity contribution < 1.29 is 9.59 Å². The van der Waals surface area contributed by atoms with Gasteiger partial charge in [-0.25, -0.2) is 0 Å². The van der Waals surface area contributed by atoms with Crippen LogP contribution >= 0.6 is 0 Å². The molecule has 0 aliphatic heterocycles. The van der Waals surface area contributed by atoms with Crippen LogP contribution in [-0.4, -0.2) is 22.5 Å². The zero-order valence-corrected chi connectivity index (χ0v) is 15.3. The number of nitrogens with zero attached hydrogens (tertiary/aromatic N) is 1. The van der Waals surface area contributed by atoms with E-state index in [0.717, 1.165) is 11.1 Å². The number of pyridine rings is 1. The Labute approximate surface area is 163 Å². The molecule has 1 heterocycles. The molecule has 1 unspecified atom stereocenters. The Balaban J connectivity index is 1.76. The van der Waals surface area contributed by atoms with E-state index in [2.05, 4.69) is 15.6 Å². The van der Waals surface area contributed by atoms with E-state index >= 15 is 0 Å². The fourth-order valence-electron chi connectivity index (χ4n) is 2.78. The minimum atomic E-state index is -1.22. The second-order valence-corrected chi connectivity index (χ2v) is 6.28. The predicted molar refractivity (Wildman–Crippen MR) is 110 cm³/mol. The van der Waals surface area contributed by atoms with Crippen molar-refractivity contribution >= 4 is 28.9 Å². The normalized spacial score (nSPS) is 11.3. The smallest absolute Gasteiger partial charge is 0.242 e. The van der Waals surface area contributed by atoms with E-state index < -0.39 is 17.7 Å². The third-order valence-corrected chi connectivity index (χ3v) is 4.14. The Morgan fingerprint density at radius 2 is 1.43 bits per heavy atom. The highest BCUT2D eigenvalue weighted by atomic mass is 16.2. The molecule has 28 heavy (non-hydrogen) atoms. The third-order valence-electron chi connectivity index (χ3n) is 4.14. The lowest BCUT2D eigenvalue weighted by molar-refractivity contribution is -0.126. The summed E-state index contributed by atoms with van der Waals surface area (Å²) >= 11 is 0. The number of benzene rings is 2. The Bertz CT molecular complexity index is 988. The average Bonchev–Trinajstić information content (AvgIpc) is 2.69.